The van der Waals surface area contributed by atoms with Gasteiger partial charge in [0.2, 0.25) is 0 Å². The minimum Gasteiger partial charge on any atom is -0.370 e. The van der Waals surface area contributed by atoms with Gasteiger partial charge in [-0.05, 0) is 25.2 Å². The van der Waals surface area contributed by atoms with Crippen LogP contribution in [0.4, 0.5) is 0 Å². The summed E-state index contributed by atoms with van der Waals surface area (Å²) in [5, 5.41) is 0. The molecule has 0 saturated carbocycles. The number of piperidine rings is 1. The molecule has 0 amide bonds. The fraction of sp³-hybridized carbons (Fsp3) is 0.909. The van der Waals surface area contributed by atoms with Crippen molar-refractivity contribution in [2.45, 2.75) is 39.5 Å². The summed E-state index contributed by atoms with van der Waals surface area (Å²) in [6.07, 6.45) is 4.96. The first-order chi connectivity index (χ1) is 6.77. The van der Waals surface area contributed by atoms with Crippen molar-refractivity contribution in [3.05, 3.63) is 0 Å². The van der Waals surface area contributed by atoms with E-state index in [0.717, 1.165) is 37.9 Å². The molecule has 2 N–H and O–H groups in total. The number of nitrogens with zero attached hydrogens (tertiary/aromatic N) is 2. The number of likely N-dealkylation sites (tertiary alicyclic amines) is 1. The van der Waals surface area contributed by atoms with Gasteiger partial charge in [0, 0.05) is 19.6 Å². The minimum atomic E-state index is 0.755. The lowest BCUT2D eigenvalue weighted by molar-refractivity contribution is 0.251. The third-order valence-electron chi connectivity index (χ3n) is 2.92. The van der Waals surface area contributed by atoms with Crippen molar-refractivity contribution in [2.75, 3.05) is 19.6 Å². The number of guanidine groups is 1. The van der Waals surface area contributed by atoms with Crippen LogP contribution in [-0.4, -0.2) is 30.5 Å². The molecule has 1 rings (SSSR count). The van der Waals surface area contributed by atoms with Crippen molar-refractivity contribution in [3.8, 4) is 0 Å². The maximum Gasteiger partial charge on any atom is 0.191 e. The van der Waals surface area contributed by atoms with E-state index in [4.69, 9.17) is 5.73 Å². The predicted molar refractivity (Wildman–Crippen MR) is 61.4 cm³/mol. The lowest BCUT2D eigenvalue weighted by Crippen LogP contribution is -2.44. The molecule has 3 heteroatoms. The van der Waals surface area contributed by atoms with E-state index in [1.165, 1.54) is 19.3 Å². The summed E-state index contributed by atoms with van der Waals surface area (Å²) in [7, 11) is 0. The van der Waals surface area contributed by atoms with Gasteiger partial charge >= 0.3 is 0 Å². The van der Waals surface area contributed by atoms with E-state index in [9.17, 15) is 0 Å². The molecule has 0 aromatic carbocycles. The summed E-state index contributed by atoms with van der Waals surface area (Å²) in [5.74, 6) is 1.57. The van der Waals surface area contributed by atoms with Crippen LogP contribution in [0.25, 0.3) is 0 Å². The number of hydrogen-bond donors (Lipinski definition) is 1. The number of hydrogen-bond acceptors (Lipinski definition) is 1. The molecule has 14 heavy (non-hydrogen) atoms. The van der Waals surface area contributed by atoms with E-state index in [0.29, 0.717) is 0 Å². The van der Waals surface area contributed by atoms with Crippen molar-refractivity contribution in [3.63, 3.8) is 0 Å². The van der Waals surface area contributed by atoms with E-state index in [1.807, 2.05) is 0 Å². The molecule has 1 saturated heterocycles. The zero-order valence-electron chi connectivity index (χ0n) is 9.50. The summed E-state index contributed by atoms with van der Waals surface area (Å²) in [6.45, 7) is 7.44. The molecule has 0 aromatic heterocycles. The maximum absolute atomic E-state index is 5.93. The van der Waals surface area contributed by atoms with Crippen molar-refractivity contribution >= 4 is 5.96 Å². The summed E-state index contributed by atoms with van der Waals surface area (Å²) in [5.41, 5.74) is 5.93. The number of rotatable bonds is 3. The molecule has 0 spiro atoms. The molecule has 82 valence electrons. The third kappa shape index (κ3) is 3.20. The first-order valence-electron chi connectivity index (χ1n) is 5.82. The standard InChI is InChI=1S/C11H23N3/c1-3-7-13-11(12)14-8-5-6-10(4-2)9-14/h10H,3-9H2,1-2H3,(H2,12,13). The van der Waals surface area contributed by atoms with Crippen molar-refractivity contribution in [1.29, 1.82) is 0 Å². The van der Waals surface area contributed by atoms with Crippen LogP contribution in [0.3, 0.4) is 0 Å². The smallest absolute Gasteiger partial charge is 0.191 e. The van der Waals surface area contributed by atoms with Gasteiger partial charge in [-0.3, -0.25) is 4.99 Å². The van der Waals surface area contributed by atoms with E-state index >= 15 is 0 Å². The molecule has 1 unspecified atom stereocenters. The highest BCUT2D eigenvalue weighted by molar-refractivity contribution is 5.78. The number of aliphatic imine (C=N–C) groups is 1. The second-order valence-electron chi connectivity index (χ2n) is 4.10. The Morgan fingerprint density at radius 1 is 1.50 bits per heavy atom. The molecule has 0 radical (unpaired) electrons. The van der Waals surface area contributed by atoms with Gasteiger partial charge in [0.1, 0.15) is 0 Å². The highest BCUT2D eigenvalue weighted by Crippen LogP contribution is 2.18. The lowest BCUT2D eigenvalue weighted by atomic mass is 9.96. The molecule has 1 fully saturated rings. The van der Waals surface area contributed by atoms with Gasteiger partial charge in [-0.1, -0.05) is 20.3 Å². The molecule has 1 heterocycles. The first-order valence-corrected chi connectivity index (χ1v) is 5.82. The second-order valence-corrected chi connectivity index (χ2v) is 4.10. The average molecular weight is 197 g/mol. The summed E-state index contributed by atoms with van der Waals surface area (Å²) in [6, 6.07) is 0. The van der Waals surface area contributed by atoms with Gasteiger partial charge in [-0.2, -0.15) is 0 Å². The second kappa shape index (κ2) is 5.89. The SMILES string of the molecule is CCCN=C(N)N1CCCC(CC)C1. The van der Waals surface area contributed by atoms with Crippen LogP contribution >= 0.6 is 0 Å². The lowest BCUT2D eigenvalue weighted by Gasteiger charge is -2.33. The van der Waals surface area contributed by atoms with Gasteiger partial charge in [0.05, 0.1) is 0 Å². The normalized spacial score (nSPS) is 24.0. The molecule has 0 bridgehead atoms. The maximum atomic E-state index is 5.93. The van der Waals surface area contributed by atoms with Crippen LogP contribution in [0.5, 0.6) is 0 Å². The van der Waals surface area contributed by atoms with Crippen LogP contribution < -0.4 is 5.73 Å². The van der Waals surface area contributed by atoms with Gasteiger partial charge < -0.3 is 10.6 Å². The van der Waals surface area contributed by atoms with Gasteiger partial charge in [0.25, 0.3) is 0 Å². The summed E-state index contributed by atoms with van der Waals surface area (Å²) >= 11 is 0. The highest BCUT2D eigenvalue weighted by atomic mass is 15.3. The quantitative estimate of drug-likeness (QED) is 0.554. The van der Waals surface area contributed by atoms with E-state index in [1.54, 1.807) is 0 Å². The molecule has 0 aromatic rings. The first kappa shape index (κ1) is 11.3. The van der Waals surface area contributed by atoms with Crippen LogP contribution in [0.2, 0.25) is 0 Å². The molecule has 1 aliphatic heterocycles. The zero-order valence-corrected chi connectivity index (χ0v) is 9.50. The van der Waals surface area contributed by atoms with E-state index in [2.05, 4.69) is 23.7 Å². The Hall–Kier alpha value is -0.730. The van der Waals surface area contributed by atoms with Gasteiger partial charge in [0.15, 0.2) is 5.96 Å². The summed E-state index contributed by atoms with van der Waals surface area (Å²) in [4.78, 5) is 6.60. The molecule has 1 atom stereocenters. The minimum absolute atomic E-state index is 0.755. The molecular formula is C11H23N3. The molecule has 0 aliphatic carbocycles. The Balaban J connectivity index is 2.42. The summed E-state index contributed by atoms with van der Waals surface area (Å²) < 4.78 is 0. The Kier molecular flexibility index (Phi) is 4.77. The van der Waals surface area contributed by atoms with E-state index < -0.39 is 0 Å². The van der Waals surface area contributed by atoms with Crippen molar-refractivity contribution in [1.82, 2.24) is 4.90 Å². The Morgan fingerprint density at radius 3 is 2.93 bits per heavy atom. The van der Waals surface area contributed by atoms with Crippen molar-refractivity contribution in [2.24, 2.45) is 16.6 Å². The molecule has 3 nitrogen and oxygen atoms in total. The fourth-order valence-electron chi connectivity index (χ4n) is 1.93. The Bertz CT molecular complexity index is 189. The topological polar surface area (TPSA) is 41.6 Å². The van der Waals surface area contributed by atoms with Gasteiger partial charge in [-0.15, -0.1) is 0 Å². The Morgan fingerprint density at radius 2 is 2.29 bits per heavy atom. The largest absolute Gasteiger partial charge is 0.370 e. The van der Waals surface area contributed by atoms with Crippen LogP contribution in [0.1, 0.15) is 39.5 Å². The van der Waals surface area contributed by atoms with Gasteiger partial charge in [-0.25, -0.2) is 0 Å². The average Bonchev–Trinajstić information content (AvgIpc) is 2.26. The third-order valence-corrected chi connectivity index (χ3v) is 2.92. The monoisotopic (exact) mass is 197 g/mol. The van der Waals surface area contributed by atoms with Crippen molar-refractivity contribution < 1.29 is 0 Å². The predicted octanol–water partition coefficient (Wildman–Crippen LogP) is 1.83. The Labute approximate surface area is 87.4 Å². The molecule has 1 aliphatic rings. The fourth-order valence-corrected chi connectivity index (χ4v) is 1.93. The van der Waals surface area contributed by atoms with Crippen LogP contribution in [0, 0.1) is 5.92 Å². The zero-order chi connectivity index (χ0) is 10.4. The highest BCUT2D eigenvalue weighted by Gasteiger charge is 2.19. The molecular weight excluding hydrogens is 174 g/mol. The van der Waals surface area contributed by atoms with Crippen LogP contribution in [-0.2, 0) is 0 Å². The van der Waals surface area contributed by atoms with Crippen LogP contribution in [0.15, 0.2) is 4.99 Å². The number of nitrogens with two attached hydrogens (primary N) is 1. The van der Waals surface area contributed by atoms with E-state index in [-0.39, 0.29) is 0 Å².